The third-order valence-corrected chi connectivity index (χ3v) is 9.83. The lowest BCUT2D eigenvalue weighted by atomic mass is 10.0. The molecule has 0 aliphatic rings. The van der Waals surface area contributed by atoms with Gasteiger partial charge in [0.1, 0.15) is 12.1 Å². The van der Waals surface area contributed by atoms with Crippen LogP contribution in [0.3, 0.4) is 0 Å². The summed E-state index contributed by atoms with van der Waals surface area (Å²) in [5.74, 6) is -1.26. The van der Waals surface area contributed by atoms with Gasteiger partial charge in [0.25, 0.3) is 0 Å². The van der Waals surface area contributed by atoms with Gasteiger partial charge in [-0.05, 0) is 83.6 Å². The second-order valence-corrected chi connectivity index (χ2v) is 14.8. The molecule has 50 heavy (non-hydrogen) atoms. The molecule has 294 valence electrons. The highest BCUT2D eigenvalue weighted by Gasteiger charge is 2.19. The first-order chi connectivity index (χ1) is 24.4. The van der Waals surface area contributed by atoms with Gasteiger partial charge in [-0.1, -0.05) is 148 Å². The Bertz CT molecular complexity index is 802. The number of unbranched alkanes of at least 4 members (excludes halogenated alkanes) is 23. The number of hydrogen-bond donors (Lipinski definition) is 3. The number of nitrogens with one attached hydrogen (secondary N) is 1. The second kappa shape index (κ2) is 38.3. The molecule has 0 heterocycles. The Morgan fingerprint density at radius 3 is 1.44 bits per heavy atom. The lowest BCUT2D eigenvalue weighted by Crippen LogP contribution is -2.40. The molecule has 7 heteroatoms. The van der Waals surface area contributed by atoms with E-state index in [1.807, 2.05) is 0 Å². The highest BCUT2D eigenvalue weighted by atomic mass is 16.5. The summed E-state index contributed by atoms with van der Waals surface area (Å²) in [5, 5.41) is 11.9. The number of allylic oxidation sites excluding steroid dienone is 2. The summed E-state index contributed by atoms with van der Waals surface area (Å²) in [7, 11) is 0. The summed E-state index contributed by atoms with van der Waals surface area (Å²) in [5.41, 5.74) is 5.48. The Morgan fingerprint density at radius 2 is 0.980 bits per heavy atom. The van der Waals surface area contributed by atoms with E-state index in [1.165, 1.54) is 128 Å². The molecule has 0 saturated heterocycles. The fraction of sp³-hybridized carbons (Fsp3) is 0.884. The first kappa shape index (κ1) is 48.1. The fourth-order valence-electron chi connectivity index (χ4n) is 6.56. The number of rotatable bonds is 39. The average Bonchev–Trinajstić information content (AvgIpc) is 3.10. The number of ether oxygens (including phenoxy) is 1. The number of nitrogens with two attached hydrogens (primary N) is 1. The first-order valence-corrected chi connectivity index (χ1v) is 21.5. The van der Waals surface area contributed by atoms with Crippen LogP contribution in [0, 0.1) is 0 Å². The van der Waals surface area contributed by atoms with Crippen molar-refractivity contribution in [2.24, 2.45) is 5.73 Å². The molecule has 7 nitrogen and oxygen atoms in total. The molecule has 0 aliphatic carbocycles. The zero-order valence-electron chi connectivity index (χ0n) is 33.0. The molecule has 0 aliphatic heterocycles. The van der Waals surface area contributed by atoms with Crippen molar-refractivity contribution in [2.75, 3.05) is 6.54 Å². The number of carboxylic acids is 1. The molecule has 0 saturated carbocycles. The summed E-state index contributed by atoms with van der Waals surface area (Å²) < 4.78 is 5.99. The quantitative estimate of drug-likeness (QED) is 0.0332. The molecule has 0 bridgehead atoms. The van der Waals surface area contributed by atoms with Crippen molar-refractivity contribution in [3.63, 3.8) is 0 Å². The monoisotopic (exact) mass is 707 g/mol. The number of carbonyl (C=O) groups is 3. The van der Waals surface area contributed by atoms with Gasteiger partial charge in [0.15, 0.2) is 0 Å². The van der Waals surface area contributed by atoms with Gasteiger partial charge < -0.3 is 20.9 Å². The standard InChI is InChI=1S/C43H82N2O5/c1-3-5-7-9-11-12-13-14-15-16-17-18-19-20-21-22-23-25-31-37-42(47)50-39(33-28-24-10-8-6-4-2)34-29-26-27-30-36-41(46)45-40(43(48)49)35-32-38-44/h14-15,39-40H,3-13,16-38,44H2,1-2H3,(H,45,46)(H,48,49)/b15-14-. The number of amides is 1. The maximum atomic E-state index is 12.7. The van der Waals surface area contributed by atoms with Gasteiger partial charge in [-0.15, -0.1) is 0 Å². The third kappa shape index (κ3) is 34.6. The van der Waals surface area contributed by atoms with Crippen LogP contribution < -0.4 is 11.1 Å². The van der Waals surface area contributed by atoms with Gasteiger partial charge in [0.05, 0.1) is 0 Å². The summed E-state index contributed by atoms with van der Waals surface area (Å²) in [6, 6.07) is -0.861. The normalized spacial score (nSPS) is 12.7. The van der Waals surface area contributed by atoms with Gasteiger partial charge >= 0.3 is 11.9 Å². The zero-order valence-corrected chi connectivity index (χ0v) is 33.0. The average molecular weight is 707 g/mol. The van der Waals surface area contributed by atoms with Crippen molar-refractivity contribution >= 4 is 17.8 Å². The molecule has 4 N–H and O–H groups in total. The van der Waals surface area contributed by atoms with Crippen LogP contribution in [-0.2, 0) is 19.1 Å². The molecule has 2 atom stereocenters. The van der Waals surface area contributed by atoms with Crippen LogP contribution in [0.25, 0.3) is 0 Å². The van der Waals surface area contributed by atoms with Crippen LogP contribution >= 0.6 is 0 Å². The largest absolute Gasteiger partial charge is 0.480 e. The van der Waals surface area contributed by atoms with E-state index in [2.05, 4.69) is 31.3 Å². The minimum atomic E-state index is -1.01. The van der Waals surface area contributed by atoms with Crippen molar-refractivity contribution in [1.82, 2.24) is 5.32 Å². The number of carboxylic acid groups (broad SMARTS) is 1. The topological polar surface area (TPSA) is 119 Å². The summed E-state index contributed by atoms with van der Waals surface area (Å²) in [4.78, 5) is 36.3. The number of carbonyl (C=O) groups excluding carboxylic acids is 2. The highest BCUT2D eigenvalue weighted by Crippen LogP contribution is 2.19. The van der Waals surface area contributed by atoms with Gasteiger partial charge in [0.2, 0.25) is 5.91 Å². The molecule has 1 amide bonds. The molecule has 0 fully saturated rings. The Kier molecular flexibility index (Phi) is 36.9. The molecular formula is C43H82N2O5. The first-order valence-electron chi connectivity index (χ1n) is 21.5. The minimum Gasteiger partial charge on any atom is -0.480 e. The molecule has 0 aromatic rings. The van der Waals surface area contributed by atoms with Gasteiger partial charge in [-0.25, -0.2) is 4.79 Å². The summed E-state index contributed by atoms with van der Waals surface area (Å²) >= 11 is 0. The van der Waals surface area contributed by atoms with E-state index >= 15 is 0 Å². The number of hydrogen-bond acceptors (Lipinski definition) is 5. The van der Waals surface area contributed by atoms with Gasteiger partial charge in [0, 0.05) is 12.8 Å². The highest BCUT2D eigenvalue weighted by molar-refractivity contribution is 5.83. The van der Waals surface area contributed by atoms with Crippen LogP contribution in [0.4, 0.5) is 0 Å². The van der Waals surface area contributed by atoms with Crippen molar-refractivity contribution in [3.05, 3.63) is 12.2 Å². The van der Waals surface area contributed by atoms with Gasteiger partial charge in [-0.3, -0.25) is 9.59 Å². The predicted octanol–water partition coefficient (Wildman–Crippen LogP) is 11.9. The lowest BCUT2D eigenvalue weighted by molar-refractivity contribution is -0.150. The molecule has 0 radical (unpaired) electrons. The Labute approximate surface area is 309 Å². The Morgan fingerprint density at radius 1 is 0.560 bits per heavy atom. The molecule has 0 aromatic carbocycles. The SMILES string of the molecule is CCCCCCCC/C=C\CCCCCCCCCCCC(=O)OC(CCCCCCCC)CCCCCCC(=O)NC(CCCN)C(=O)O. The molecule has 0 aromatic heterocycles. The lowest BCUT2D eigenvalue weighted by Gasteiger charge is -2.18. The zero-order chi connectivity index (χ0) is 36.8. The molecule has 0 spiro atoms. The van der Waals surface area contributed by atoms with E-state index in [9.17, 15) is 19.5 Å². The van der Waals surface area contributed by atoms with Crippen molar-refractivity contribution in [1.29, 1.82) is 0 Å². The van der Waals surface area contributed by atoms with Crippen molar-refractivity contribution in [2.45, 2.75) is 238 Å². The molecule has 0 rings (SSSR count). The van der Waals surface area contributed by atoms with E-state index in [0.717, 1.165) is 57.8 Å². The Hall–Kier alpha value is -1.89. The maximum Gasteiger partial charge on any atom is 0.326 e. The van der Waals surface area contributed by atoms with E-state index in [4.69, 9.17) is 10.5 Å². The van der Waals surface area contributed by atoms with E-state index < -0.39 is 12.0 Å². The fourth-order valence-corrected chi connectivity index (χ4v) is 6.56. The summed E-state index contributed by atoms with van der Waals surface area (Å²) in [6.07, 6.45) is 41.2. The van der Waals surface area contributed by atoms with Crippen LogP contribution in [-0.4, -0.2) is 41.6 Å². The van der Waals surface area contributed by atoms with Crippen LogP contribution in [0.1, 0.15) is 226 Å². The maximum absolute atomic E-state index is 12.7. The molecular weight excluding hydrogens is 624 g/mol. The second-order valence-electron chi connectivity index (χ2n) is 14.8. The van der Waals surface area contributed by atoms with Gasteiger partial charge in [-0.2, -0.15) is 0 Å². The van der Waals surface area contributed by atoms with E-state index in [0.29, 0.717) is 32.2 Å². The smallest absolute Gasteiger partial charge is 0.326 e. The van der Waals surface area contributed by atoms with Crippen LogP contribution in [0.5, 0.6) is 0 Å². The third-order valence-electron chi connectivity index (χ3n) is 9.83. The summed E-state index contributed by atoms with van der Waals surface area (Å²) in [6.45, 7) is 4.92. The number of aliphatic carboxylic acids is 1. The predicted molar refractivity (Wildman–Crippen MR) is 211 cm³/mol. The van der Waals surface area contributed by atoms with E-state index in [-0.39, 0.29) is 18.0 Å². The van der Waals surface area contributed by atoms with Crippen LogP contribution in [0.15, 0.2) is 12.2 Å². The van der Waals surface area contributed by atoms with Crippen molar-refractivity contribution in [3.8, 4) is 0 Å². The number of esters is 1. The van der Waals surface area contributed by atoms with Crippen molar-refractivity contribution < 1.29 is 24.2 Å². The minimum absolute atomic E-state index is 0.00773. The van der Waals surface area contributed by atoms with Crippen LogP contribution in [0.2, 0.25) is 0 Å². The van der Waals surface area contributed by atoms with E-state index in [1.54, 1.807) is 0 Å². The molecule has 2 unspecified atom stereocenters. The Balaban J connectivity index is 4.05.